The first-order valence-electron chi connectivity index (χ1n) is 10.4. The first-order valence-corrected chi connectivity index (χ1v) is 10.4. The van der Waals surface area contributed by atoms with Crippen LogP contribution < -0.4 is 0 Å². The molecule has 0 bridgehead atoms. The van der Waals surface area contributed by atoms with Gasteiger partial charge in [0, 0.05) is 30.6 Å². The van der Waals surface area contributed by atoms with Crippen molar-refractivity contribution in [1.82, 2.24) is 0 Å². The second kappa shape index (κ2) is 6.43. The highest BCUT2D eigenvalue weighted by Crippen LogP contribution is 2.69. The van der Waals surface area contributed by atoms with Gasteiger partial charge in [0.15, 0.2) is 17.2 Å². The molecule has 3 fully saturated rings. The molecule has 4 aliphatic carbocycles. The van der Waals surface area contributed by atoms with E-state index in [1.54, 1.807) is 13.0 Å². The van der Waals surface area contributed by atoms with Crippen LogP contribution in [0.5, 0.6) is 0 Å². The van der Waals surface area contributed by atoms with E-state index in [0.29, 0.717) is 25.7 Å². The van der Waals surface area contributed by atoms with E-state index in [2.05, 4.69) is 10.2 Å². The minimum Gasteiger partial charge on any atom is -0.388 e. The van der Waals surface area contributed by atoms with Gasteiger partial charge in [-0.3, -0.25) is 14.4 Å². The molecule has 0 aliphatic heterocycles. The lowest BCUT2D eigenvalue weighted by Crippen LogP contribution is -2.65. The normalized spacial score (nSPS) is 47.6. The number of Topliss-reactive ketones (excluding diaryl/α,β-unsaturated/α-hetero) is 2. The van der Waals surface area contributed by atoms with Crippen LogP contribution in [0.2, 0.25) is 0 Å². The maximum atomic E-state index is 13.6. The molecular weight excluding hydrogens is 388 g/mol. The summed E-state index contributed by atoms with van der Waals surface area (Å²) in [7, 11) is 0. The summed E-state index contributed by atoms with van der Waals surface area (Å²) in [4.78, 5) is 38.3. The third kappa shape index (κ3) is 2.22. The molecule has 0 aromatic rings. The zero-order valence-corrected chi connectivity index (χ0v) is 17.3. The largest absolute Gasteiger partial charge is 0.388 e. The maximum absolute atomic E-state index is 13.6. The molecule has 4 N–H and O–H groups in total. The topological polar surface area (TPSA) is 164 Å². The van der Waals surface area contributed by atoms with Gasteiger partial charge in [-0.1, -0.05) is 19.4 Å². The van der Waals surface area contributed by atoms with Gasteiger partial charge in [-0.25, -0.2) is 11.1 Å². The quantitative estimate of drug-likeness (QED) is 0.516. The Morgan fingerprint density at radius 1 is 1.23 bits per heavy atom. The standard InChI is InChI=1S/C21H28N4O5/c1-18-6-5-12(27)7-11(18)3-4-13-14-8-20(24-22,25-23)21(30,16(29)10-26)19(14,2)9-15(28)17(13)18/h7,13-14,17,22-23,26,30H,3-6,8-10H2,1-2H3/t13-,14-,17+,18-,19-,20?,21-/m0/s1. The molecule has 0 saturated heterocycles. The van der Waals surface area contributed by atoms with Gasteiger partial charge < -0.3 is 10.2 Å². The second-order valence-corrected chi connectivity index (χ2v) is 9.94. The van der Waals surface area contributed by atoms with Crippen LogP contribution in [0.4, 0.5) is 0 Å². The molecule has 0 unspecified atom stereocenters. The molecule has 30 heavy (non-hydrogen) atoms. The van der Waals surface area contributed by atoms with Gasteiger partial charge in [0.1, 0.15) is 12.4 Å². The van der Waals surface area contributed by atoms with E-state index in [1.807, 2.05) is 6.92 Å². The molecule has 0 heterocycles. The van der Waals surface area contributed by atoms with Crippen LogP contribution in [0.3, 0.4) is 0 Å². The van der Waals surface area contributed by atoms with Crippen LogP contribution in [0.1, 0.15) is 52.4 Å². The molecule has 0 amide bonds. The fraction of sp³-hybridized carbons (Fsp3) is 0.762. The van der Waals surface area contributed by atoms with E-state index in [-0.39, 0.29) is 42.2 Å². The van der Waals surface area contributed by atoms with E-state index >= 15 is 0 Å². The molecule has 6 atom stereocenters. The van der Waals surface area contributed by atoms with Crippen molar-refractivity contribution in [2.24, 2.45) is 38.8 Å². The first-order chi connectivity index (χ1) is 14.0. The predicted molar refractivity (Wildman–Crippen MR) is 103 cm³/mol. The number of hydrogen-bond acceptors (Lipinski definition) is 9. The van der Waals surface area contributed by atoms with Crippen molar-refractivity contribution in [3.8, 4) is 0 Å². The summed E-state index contributed by atoms with van der Waals surface area (Å²) in [6, 6.07) is 0. The van der Waals surface area contributed by atoms with Crippen molar-refractivity contribution in [2.75, 3.05) is 6.61 Å². The van der Waals surface area contributed by atoms with Crippen LogP contribution in [0.15, 0.2) is 21.9 Å². The number of hydrogen-bond donors (Lipinski definition) is 4. The SMILES string of the molecule is C[C@]12CCC(=O)C=C1CC[C@@H]1[C@@H]2C(=O)C[C@@]2(C)[C@H]1CC(N=N)(N=N)[C@]2(O)C(=O)CO. The van der Waals surface area contributed by atoms with Crippen LogP contribution in [-0.2, 0) is 14.4 Å². The summed E-state index contributed by atoms with van der Waals surface area (Å²) < 4.78 is 0. The number of nitrogens with one attached hydrogen (secondary N) is 2. The first kappa shape index (κ1) is 21.1. The Hall–Kier alpha value is -2.13. The molecule has 0 aromatic heterocycles. The fourth-order valence-corrected chi connectivity index (χ4v) is 7.37. The van der Waals surface area contributed by atoms with E-state index < -0.39 is 34.5 Å². The van der Waals surface area contributed by atoms with Crippen molar-refractivity contribution >= 4 is 17.3 Å². The number of carbonyl (C=O) groups is 3. The number of nitrogens with zero attached hydrogens (tertiary/aromatic N) is 2. The molecule has 0 spiro atoms. The molecular formula is C21H28N4O5. The number of ketones is 3. The summed E-state index contributed by atoms with van der Waals surface area (Å²) in [6.07, 6.45) is 3.80. The lowest BCUT2D eigenvalue weighted by Gasteiger charge is -2.57. The Bertz CT molecular complexity index is 892. The molecule has 0 aromatic carbocycles. The molecule has 3 saturated carbocycles. The lowest BCUT2D eigenvalue weighted by atomic mass is 9.45. The minimum absolute atomic E-state index is 0.00123. The maximum Gasteiger partial charge on any atom is 0.226 e. The molecule has 4 rings (SSSR count). The number of fused-ring (bicyclic) bond motifs is 5. The van der Waals surface area contributed by atoms with Gasteiger partial charge in [-0.05, 0) is 42.6 Å². The van der Waals surface area contributed by atoms with Crippen LogP contribution in [-0.4, -0.2) is 45.4 Å². The Balaban J connectivity index is 1.86. The van der Waals surface area contributed by atoms with Crippen molar-refractivity contribution in [1.29, 1.82) is 11.1 Å². The summed E-state index contributed by atoms with van der Waals surface area (Å²) in [5.41, 5.74) is 10.2. The Morgan fingerprint density at radius 2 is 1.90 bits per heavy atom. The van der Waals surface area contributed by atoms with Gasteiger partial charge in [-0.2, -0.15) is 10.2 Å². The fourth-order valence-electron chi connectivity index (χ4n) is 7.37. The van der Waals surface area contributed by atoms with Gasteiger partial charge in [0.2, 0.25) is 5.66 Å². The monoisotopic (exact) mass is 416 g/mol. The number of aliphatic hydroxyl groups excluding tert-OH is 1. The third-order valence-electron chi connectivity index (χ3n) is 8.87. The van der Waals surface area contributed by atoms with E-state index in [9.17, 15) is 24.6 Å². The average Bonchev–Trinajstić information content (AvgIpc) is 2.92. The van der Waals surface area contributed by atoms with Crippen molar-refractivity contribution in [3.05, 3.63) is 11.6 Å². The van der Waals surface area contributed by atoms with Crippen molar-refractivity contribution < 1.29 is 24.6 Å². The Morgan fingerprint density at radius 3 is 2.50 bits per heavy atom. The summed E-state index contributed by atoms with van der Waals surface area (Å²) >= 11 is 0. The van der Waals surface area contributed by atoms with Crippen molar-refractivity contribution in [3.63, 3.8) is 0 Å². The summed E-state index contributed by atoms with van der Waals surface area (Å²) in [5.74, 6) is -1.88. The number of rotatable bonds is 4. The van der Waals surface area contributed by atoms with Crippen molar-refractivity contribution in [2.45, 2.75) is 63.6 Å². The number of aliphatic hydroxyl groups is 2. The zero-order chi connectivity index (χ0) is 22.1. The van der Waals surface area contributed by atoms with E-state index in [4.69, 9.17) is 11.1 Å². The van der Waals surface area contributed by atoms with Gasteiger partial charge >= 0.3 is 0 Å². The molecule has 0 radical (unpaired) electrons. The summed E-state index contributed by atoms with van der Waals surface area (Å²) in [5, 5.41) is 28.1. The zero-order valence-electron chi connectivity index (χ0n) is 17.3. The molecule has 162 valence electrons. The highest BCUT2D eigenvalue weighted by Gasteiger charge is 2.78. The second-order valence-electron chi connectivity index (χ2n) is 9.94. The van der Waals surface area contributed by atoms with E-state index in [0.717, 1.165) is 5.57 Å². The van der Waals surface area contributed by atoms with Gasteiger partial charge in [0.05, 0.1) is 0 Å². The molecule has 4 aliphatic rings. The smallest absolute Gasteiger partial charge is 0.226 e. The van der Waals surface area contributed by atoms with Crippen LogP contribution >= 0.6 is 0 Å². The third-order valence-corrected chi connectivity index (χ3v) is 8.87. The summed E-state index contributed by atoms with van der Waals surface area (Å²) in [6.45, 7) is 2.68. The number of allylic oxidation sites excluding steroid dienone is 1. The Kier molecular flexibility index (Phi) is 4.53. The molecule has 9 nitrogen and oxygen atoms in total. The predicted octanol–water partition coefficient (Wildman–Crippen LogP) is 2.36. The van der Waals surface area contributed by atoms with Crippen LogP contribution in [0.25, 0.3) is 0 Å². The van der Waals surface area contributed by atoms with Gasteiger partial charge in [0.25, 0.3) is 0 Å². The van der Waals surface area contributed by atoms with Gasteiger partial charge in [-0.15, -0.1) is 0 Å². The number of carbonyl (C=O) groups excluding carboxylic acids is 3. The Labute approximate surface area is 174 Å². The molecule has 9 heteroatoms. The average molecular weight is 416 g/mol. The highest BCUT2D eigenvalue weighted by molar-refractivity contribution is 5.95. The van der Waals surface area contributed by atoms with Crippen LogP contribution in [0, 0.1) is 39.6 Å². The highest BCUT2D eigenvalue weighted by atomic mass is 16.3. The minimum atomic E-state index is -2.40. The van der Waals surface area contributed by atoms with E-state index in [1.165, 1.54) is 0 Å². The lowest BCUT2D eigenvalue weighted by molar-refractivity contribution is -0.177.